The summed E-state index contributed by atoms with van der Waals surface area (Å²) in [5.41, 5.74) is 1.23. The molecule has 1 fully saturated rings. The van der Waals surface area contributed by atoms with Gasteiger partial charge in [0.05, 0.1) is 12.5 Å². The van der Waals surface area contributed by atoms with E-state index in [9.17, 15) is 0 Å². The first-order valence-corrected chi connectivity index (χ1v) is 5.74. The third-order valence-electron chi connectivity index (χ3n) is 3.12. The van der Waals surface area contributed by atoms with Gasteiger partial charge in [-0.05, 0) is 32.9 Å². The average molecular weight is 208 g/mol. The van der Waals surface area contributed by atoms with E-state index in [-0.39, 0.29) is 0 Å². The SMILES string of the molecule is CC(C)N1CCC(NCc2ccoc2)C1. The van der Waals surface area contributed by atoms with Crippen LogP contribution >= 0.6 is 0 Å². The predicted molar refractivity (Wildman–Crippen MR) is 60.7 cm³/mol. The molecule has 1 aromatic rings. The summed E-state index contributed by atoms with van der Waals surface area (Å²) in [6.07, 6.45) is 4.80. The van der Waals surface area contributed by atoms with Crippen molar-refractivity contribution in [3.63, 3.8) is 0 Å². The summed E-state index contributed by atoms with van der Waals surface area (Å²) in [7, 11) is 0. The van der Waals surface area contributed by atoms with Crippen LogP contribution in [0.25, 0.3) is 0 Å². The molecular weight excluding hydrogens is 188 g/mol. The Morgan fingerprint density at radius 1 is 1.60 bits per heavy atom. The molecule has 1 saturated heterocycles. The number of nitrogens with one attached hydrogen (secondary N) is 1. The third-order valence-corrected chi connectivity index (χ3v) is 3.12. The summed E-state index contributed by atoms with van der Waals surface area (Å²) in [4.78, 5) is 2.52. The lowest BCUT2D eigenvalue weighted by Crippen LogP contribution is -2.34. The molecule has 0 bridgehead atoms. The highest BCUT2D eigenvalue weighted by atomic mass is 16.3. The molecule has 1 unspecified atom stereocenters. The molecule has 2 rings (SSSR count). The molecular formula is C12H20N2O. The molecule has 3 nitrogen and oxygen atoms in total. The number of nitrogens with zero attached hydrogens (tertiary/aromatic N) is 1. The lowest BCUT2D eigenvalue weighted by atomic mass is 10.2. The molecule has 1 aromatic heterocycles. The fourth-order valence-corrected chi connectivity index (χ4v) is 2.08. The second kappa shape index (κ2) is 4.81. The molecule has 0 aromatic carbocycles. The van der Waals surface area contributed by atoms with Gasteiger partial charge in [0.2, 0.25) is 0 Å². The number of hydrogen-bond acceptors (Lipinski definition) is 3. The molecule has 0 amide bonds. The lowest BCUT2D eigenvalue weighted by molar-refractivity contribution is 0.268. The van der Waals surface area contributed by atoms with Gasteiger partial charge in [-0.2, -0.15) is 0 Å². The van der Waals surface area contributed by atoms with Gasteiger partial charge >= 0.3 is 0 Å². The Labute approximate surface area is 91.4 Å². The van der Waals surface area contributed by atoms with Crippen LogP contribution in [0.2, 0.25) is 0 Å². The van der Waals surface area contributed by atoms with Gasteiger partial charge in [0, 0.05) is 30.7 Å². The van der Waals surface area contributed by atoms with Crippen LogP contribution < -0.4 is 5.32 Å². The van der Waals surface area contributed by atoms with Gasteiger partial charge in [0.1, 0.15) is 0 Å². The van der Waals surface area contributed by atoms with Gasteiger partial charge in [0.25, 0.3) is 0 Å². The van der Waals surface area contributed by atoms with E-state index in [1.54, 1.807) is 6.26 Å². The highest BCUT2D eigenvalue weighted by molar-refractivity contribution is 5.05. The van der Waals surface area contributed by atoms with E-state index < -0.39 is 0 Å². The van der Waals surface area contributed by atoms with Crippen molar-refractivity contribution >= 4 is 0 Å². The maximum atomic E-state index is 5.04. The molecule has 0 spiro atoms. The first-order valence-electron chi connectivity index (χ1n) is 5.74. The molecule has 1 aliphatic heterocycles. The zero-order valence-corrected chi connectivity index (χ0v) is 9.57. The van der Waals surface area contributed by atoms with E-state index in [1.807, 2.05) is 12.3 Å². The van der Waals surface area contributed by atoms with E-state index in [2.05, 4.69) is 24.1 Å². The molecule has 1 atom stereocenters. The van der Waals surface area contributed by atoms with Crippen molar-refractivity contribution in [2.45, 2.75) is 38.9 Å². The fraction of sp³-hybridized carbons (Fsp3) is 0.667. The monoisotopic (exact) mass is 208 g/mol. The molecule has 15 heavy (non-hydrogen) atoms. The van der Waals surface area contributed by atoms with Gasteiger partial charge in [-0.15, -0.1) is 0 Å². The van der Waals surface area contributed by atoms with Gasteiger partial charge in [-0.3, -0.25) is 4.90 Å². The Kier molecular flexibility index (Phi) is 3.44. The number of rotatable bonds is 4. The summed E-state index contributed by atoms with van der Waals surface area (Å²) >= 11 is 0. The normalized spacial score (nSPS) is 22.7. The van der Waals surface area contributed by atoms with Gasteiger partial charge < -0.3 is 9.73 Å². The maximum Gasteiger partial charge on any atom is 0.0947 e. The van der Waals surface area contributed by atoms with E-state index >= 15 is 0 Å². The third kappa shape index (κ3) is 2.83. The van der Waals surface area contributed by atoms with Crippen molar-refractivity contribution in [3.8, 4) is 0 Å². The summed E-state index contributed by atoms with van der Waals surface area (Å²) in [6, 6.07) is 3.33. The molecule has 0 aliphatic carbocycles. The van der Waals surface area contributed by atoms with Crippen LogP contribution in [0.5, 0.6) is 0 Å². The largest absolute Gasteiger partial charge is 0.472 e. The van der Waals surface area contributed by atoms with Crippen LogP contribution in [-0.2, 0) is 6.54 Å². The molecule has 0 radical (unpaired) electrons. The topological polar surface area (TPSA) is 28.4 Å². The Bertz CT molecular complexity index is 282. The van der Waals surface area contributed by atoms with Crippen molar-refractivity contribution in [2.75, 3.05) is 13.1 Å². The van der Waals surface area contributed by atoms with Gasteiger partial charge in [0.15, 0.2) is 0 Å². The Balaban J connectivity index is 1.73. The van der Waals surface area contributed by atoms with Crippen LogP contribution in [0.15, 0.2) is 23.0 Å². The minimum Gasteiger partial charge on any atom is -0.472 e. The van der Waals surface area contributed by atoms with E-state index in [0.29, 0.717) is 12.1 Å². The Hall–Kier alpha value is -0.800. The fourth-order valence-electron chi connectivity index (χ4n) is 2.08. The number of furan rings is 1. The smallest absolute Gasteiger partial charge is 0.0947 e. The van der Waals surface area contributed by atoms with Crippen LogP contribution in [0, 0.1) is 0 Å². The Morgan fingerprint density at radius 2 is 2.47 bits per heavy atom. The van der Waals surface area contributed by atoms with E-state index in [1.165, 1.54) is 25.1 Å². The summed E-state index contributed by atoms with van der Waals surface area (Å²) < 4.78 is 5.04. The van der Waals surface area contributed by atoms with Crippen molar-refractivity contribution < 1.29 is 4.42 Å². The summed E-state index contributed by atoms with van der Waals surface area (Å²) in [6.45, 7) is 7.85. The van der Waals surface area contributed by atoms with E-state index in [0.717, 1.165) is 6.54 Å². The summed E-state index contributed by atoms with van der Waals surface area (Å²) in [5, 5.41) is 3.57. The minimum absolute atomic E-state index is 0.641. The molecule has 1 aliphatic rings. The molecule has 3 heteroatoms. The number of hydrogen-bond donors (Lipinski definition) is 1. The quantitative estimate of drug-likeness (QED) is 0.818. The van der Waals surface area contributed by atoms with Crippen molar-refractivity contribution in [3.05, 3.63) is 24.2 Å². The van der Waals surface area contributed by atoms with Crippen LogP contribution in [0.4, 0.5) is 0 Å². The highest BCUT2D eigenvalue weighted by Gasteiger charge is 2.23. The zero-order valence-electron chi connectivity index (χ0n) is 9.57. The zero-order chi connectivity index (χ0) is 10.7. The van der Waals surface area contributed by atoms with Gasteiger partial charge in [-0.1, -0.05) is 0 Å². The second-order valence-electron chi connectivity index (χ2n) is 4.59. The van der Waals surface area contributed by atoms with Gasteiger partial charge in [-0.25, -0.2) is 0 Å². The maximum absolute atomic E-state index is 5.04. The minimum atomic E-state index is 0.641. The molecule has 1 N–H and O–H groups in total. The van der Waals surface area contributed by atoms with E-state index in [4.69, 9.17) is 4.42 Å². The first kappa shape index (κ1) is 10.7. The van der Waals surface area contributed by atoms with Crippen molar-refractivity contribution in [1.29, 1.82) is 0 Å². The standard InChI is InChI=1S/C12H20N2O/c1-10(2)14-5-3-12(8-14)13-7-11-4-6-15-9-11/h4,6,9-10,12-13H,3,5,7-8H2,1-2H3. The molecule has 84 valence electrons. The van der Waals surface area contributed by atoms with Crippen molar-refractivity contribution in [1.82, 2.24) is 10.2 Å². The average Bonchev–Trinajstić information content (AvgIpc) is 2.86. The molecule has 0 saturated carbocycles. The summed E-state index contributed by atoms with van der Waals surface area (Å²) in [5.74, 6) is 0. The highest BCUT2D eigenvalue weighted by Crippen LogP contribution is 2.12. The predicted octanol–water partition coefficient (Wildman–Crippen LogP) is 1.85. The van der Waals surface area contributed by atoms with Crippen molar-refractivity contribution in [2.24, 2.45) is 0 Å². The molecule has 2 heterocycles. The van der Waals surface area contributed by atoms with Crippen LogP contribution in [-0.4, -0.2) is 30.1 Å². The number of likely N-dealkylation sites (tertiary alicyclic amines) is 1. The van der Waals surface area contributed by atoms with Crippen LogP contribution in [0.3, 0.4) is 0 Å². The lowest BCUT2D eigenvalue weighted by Gasteiger charge is -2.20. The first-order chi connectivity index (χ1) is 7.25. The van der Waals surface area contributed by atoms with Crippen LogP contribution in [0.1, 0.15) is 25.8 Å². The second-order valence-corrected chi connectivity index (χ2v) is 4.59. The Morgan fingerprint density at radius 3 is 3.07 bits per heavy atom.